The summed E-state index contributed by atoms with van der Waals surface area (Å²) >= 11 is 3.50. The van der Waals surface area contributed by atoms with E-state index in [4.69, 9.17) is 9.47 Å². The van der Waals surface area contributed by atoms with Crippen LogP contribution in [0.2, 0.25) is 0 Å². The molecular weight excluding hydrogens is 424 g/mol. The Morgan fingerprint density at radius 3 is 2.68 bits per heavy atom. The van der Waals surface area contributed by atoms with Crippen LogP contribution in [0.4, 0.5) is 4.79 Å². The third-order valence-electron chi connectivity index (χ3n) is 4.84. The average molecular weight is 449 g/mol. The van der Waals surface area contributed by atoms with Gasteiger partial charge in [0.05, 0.1) is 11.1 Å². The van der Waals surface area contributed by atoms with Gasteiger partial charge in [-0.25, -0.2) is 4.79 Å². The molecule has 1 aromatic rings. The van der Waals surface area contributed by atoms with Gasteiger partial charge in [0, 0.05) is 6.04 Å². The Bertz CT molecular complexity index is 800. The van der Waals surface area contributed by atoms with Crippen molar-refractivity contribution in [3.8, 4) is 11.5 Å². The Balaban J connectivity index is 1.87. The van der Waals surface area contributed by atoms with Gasteiger partial charge >= 0.3 is 6.03 Å². The summed E-state index contributed by atoms with van der Waals surface area (Å²) in [5, 5.41) is 2.72. The predicted octanol–water partition coefficient (Wildman–Crippen LogP) is 4.64. The lowest BCUT2D eigenvalue weighted by atomic mass is 9.94. The number of imide groups is 1. The van der Waals surface area contributed by atoms with Crippen molar-refractivity contribution in [2.24, 2.45) is 0 Å². The molecule has 6 nitrogen and oxygen atoms in total. The minimum absolute atomic E-state index is 0.00690. The Morgan fingerprint density at radius 2 is 2.00 bits per heavy atom. The van der Waals surface area contributed by atoms with E-state index in [1.807, 2.05) is 13.0 Å². The number of ether oxygens (including phenoxy) is 2. The van der Waals surface area contributed by atoms with Gasteiger partial charge in [-0.1, -0.05) is 31.9 Å². The second-order valence-corrected chi connectivity index (χ2v) is 7.67. The summed E-state index contributed by atoms with van der Waals surface area (Å²) < 4.78 is 12.1. The van der Waals surface area contributed by atoms with Crippen LogP contribution in [-0.4, -0.2) is 36.1 Å². The van der Waals surface area contributed by atoms with E-state index in [0.717, 1.165) is 37.7 Å². The minimum Gasteiger partial charge on any atom is -0.490 e. The van der Waals surface area contributed by atoms with Gasteiger partial charge in [-0.15, -0.1) is 0 Å². The van der Waals surface area contributed by atoms with Crippen molar-refractivity contribution >= 4 is 33.9 Å². The second-order valence-electron chi connectivity index (χ2n) is 6.82. The van der Waals surface area contributed by atoms with Crippen molar-refractivity contribution in [2.75, 3.05) is 13.2 Å². The van der Waals surface area contributed by atoms with E-state index in [2.05, 4.69) is 27.8 Å². The van der Waals surface area contributed by atoms with Crippen LogP contribution < -0.4 is 14.8 Å². The molecule has 0 radical (unpaired) electrons. The number of urea groups is 1. The standard InChI is InChI=1S/C21H25BrN2O4/c1-3-10-28-19-16(22)11-14(13-18(19)27-4-2)12-17-20(25)24(21(26)23-17)15-8-6-5-7-9-15/h3,11-13,15H,1,4-10H2,2H3,(H,23,26)/b17-12-. The number of hydrogen-bond donors (Lipinski definition) is 1. The monoisotopic (exact) mass is 448 g/mol. The number of hydrogen-bond acceptors (Lipinski definition) is 4. The van der Waals surface area contributed by atoms with Crippen molar-refractivity contribution in [3.63, 3.8) is 0 Å². The quantitative estimate of drug-likeness (QED) is 0.374. The molecule has 0 bridgehead atoms. The topological polar surface area (TPSA) is 67.9 Å². The van der Waals surface area contributed by atoms with Gasteiger partial charge in [-0.05, 0) is 59.5 Å². The summed E-state index contributed by atoms with van der Waals surface area (Å²) in [5.41, 5.74) is 1.01. The summed E-state index contributed by atoms with van der Waals surface area (Å²) in [6.07, 6.45) is 8.36. The summed E-state index contributed by atoms with van der Waals surface area (Å²) in [6, 6.07) is 3.28. The van der Waals surface area contributed by atoms with Crippen molar-refractivity contribution in [2.45, 2.75) is 45.1 Å². The molecule has 0 atom stereocenters. The normalized spacial score (nSPS) is 19.1. The van der Waals surface area contributed by atoms with E-state index in [1.54, 1.807) is 18.2 Å². The molecule has 1 aliphatic heterocycles. The van der Waals surface area contributed by atoms with Gasteiger partial charge in [0.25, 0.3) is 5.91 Å². The molecule has 2 aliphatic rings. The molecule has 0 aromatic heterocycles. The zero-order chi connectivity index (χ0) is 20.1. The molecule has 1 aromatic carbocycles. The molecule has 0 spiro atoms. The van der Waals surface area contributed by atoms with Crippen molar-refractivity contribution in [1.29, 1.82) is 0 Å². The Hall–Kier alpha value is -2.28. The minimum atomic E-state index is -0.335. The molecule has 1 saturated carbocycles. The Labute approximate surface area is 173 Å². The highest BCUT2D eigenvalue weighted by atomic mass is 79.9. The zero-order valence-electron chi connectivity index (χ0n) is 16.0. The molecule has 150 valence electrons. The number of carbonyl (C=O) groups is 2. The van der Waals surface area contributed by atoms with E-state index in [0.29, 0.717) is 29.2 Å². The van der Waals surface area contributed by atoms with Crippen molar-refractivity contribution < 1.29 is 19.1 Å². The summed E-state index contributed by atoms with van der Waals surface area (Å²) in [7, 11) is 0. The summed E-state index contributed by atoms with van der Waals surface area (Å²) in [6.45, 7) is 6.37. The van der Waals surface area contributed by atoms with Crippen LogP contribution in [0.5, 0.6) is 11.5 Å². The van der Waals surface area contributed by atoms with Crippen LogP contribution in [0.3, 0.4) is 0 Å². The number of amides is 3. The van der Waals surface area contributed by atoms with Crippen molar-refractivity contribution in [3.05, 3.63) is 40.5 Å². The zero-order valence-corrected chi connectivity index (χ0v) is 17.6. The second kappa shape index (κ2) is 9.28. The van der Waals surface area contributed by atoms with Crippen LogP contribution in [0.15, 0.2) is 35.0 Å². The number of nitrogens with zero attached hydrogens (tertiary/aromatic N) is 1. The molecule has 1 N–H and O–H groups in total. The number of carbonyl (C=O) groups excluding carboxylic acids is 2. The first-order valence-corrected chi connectivity index (χ1v) is 10.4. The largest absolute Gasteiger partial charge is 0.490 e. The third-order valence-corrected chi connectivity index (χ3v) is 5.43. The average Bonchev–Trinajstić information content (AvgIpc) is 2.95. The lowest BCUT2D eigenvalue weighted by Crippen LogP contribution is -2.41. The maximum atomic E-state index is 12.8. The highest BCUT2D eigenvalue weighted by molar-refractivity contribution is 9.10. The lowest BCUT2D eigenvalue weighted by Gasteiger charge is -2.28. The third kappa shape index (κ3) is 4.41. The van der Waals surface area contributed by atoms with E-state index >= 15 is 0 Å². The highest BCUT2D eigenvalue weighted by Crippen LogP contribution is 2.38. The first kappa shape index (κ1) is 20.5. The molecular formula is C21H25BrN2O4. The van der Waals surface area contributed by atoms with Gasteiger partial charge in [-0.2, -0.15) is 0 Å². The van der Waals surface area contributed by atoms with E-state index in [-0.39, 0.29) is 23.7 Å². The first-order valence-electron chi connectivity index (χ1n) is 9.61. The van der Waals surface area contributed by atoms with E-state index in [1.165, 1.54) is 4.90 Å². The van der Waals surface area contributed by atoms with Crippen LogP contribution in [0.1, 0.15) is 44.6 Å². The molecule has 3 rings (SSSR count). The fraction of sp³-hybridized carbons (Fsp3) is 0.429. The van der Waals surface area contributed by atoms with Crippen LogP contribution in [0, 0.1) is 0 Å². The highest BCUT2D eigenvalue weighted by Gasteiger charge is 2.38. The number of benzene rings is 1. The van der Waals surface area contributed by atoms with E-state index < -0.39 is 0 Å². The maximum Gasteiger partial charge on any atom is 0.329 e. The van der Waals surface area contributed by atoms with Gasteiger partial charge in [-0.3, -0.25) is 9.69 Å². The SMILES string of the molecule is C=CCOc1c(Br)cc(/C=C2\NC(=O)N(C3CCCCC3)C2=O)cc1OCC. The van der Waals surface area contributed by atoms with Gasteiger partial charge < -0.3 is 14.8 Å². The fourth-order valence-corrected chi connectivity index (χ4v) is 4.18. The molecule has 28 heavy (non-hydrogen) atoms. The number of nitrogens with one attached hydrogen (secondary N) is 1. The summed E-state index contributed by atoms with van der Waals surface area (Å²) in [5.74, 6) is 0.874. The van der Waals surface area contributed by atoms with E-state index in [9.17, 15) is 9.59 Å². The first-order chi connectivity index (χ1) is 13.5. The maximum absolute atomic E-state index is 12.8. The number of rotatable bonds is 7. The Kier molecular flexibility index (Phi) is 6.78. The number of halogens is 1. The molecule has 1 saturated heterocycles. The van der Waals surface area contributed by atoms with Crippen LogP contribution >= 0.6 is 15.9 Å². The smallest absolute Gasteiger partial charge is 0.329 e. The molecule has 1 heterocycles. The molecule has 2 fully saturated rings. The van der Waals surface area contributed by atoms with Crippen LogP contribution in [-0.2, 0) is 4.79 Å². The predicted molar refractivity (Wildman–Crippen MR) is 111 cm³/mol. The van der Waals surface area contributed by atoms with Gasteiger partial charge in [0.15, 0.2) is 11.5 Å². The lowest BCUT2D eigenvalue weighted by molar-refractivity contribution is -0.124. The summed E-state index contributed by atoms with van der Waals surface area (Å²) in [4.78, 5) is 26.6. The molecule has 7 heteroatoms. The van der Waals surface area contributed by atoms with Gasteiger partial charge in [0.1, 0.15) is 12.3 Å². The Morgan fingerprint density at radius 1 is 1.25 bits per heavy atom. The fourth-order valence-electron chi connectivity index (χ4n) is 3.60. The molecule has 1 aliphatic carbocycles. The van der Waals surface area contributed by atoms with Gasteiger partial charge in [0.2, 0.25) is 0 Å². The molecule has 3 amide bonds. The molecule has 0 unspecified atom stereocenters. The van der Waals surface area contributed by atoms with Crippen LogP contribution in [0.25, 0.3) is 6.08 Å². The van der Waals surface area contributed by atoms with Crippen molar-refractivity contribution in [1.82, 2.24) is 10.2 Å².